The van der Waals surface area contributed by atoms with Gasteiger partial charge in [-0.2, -0.15) is 4.98 Å². The molecule has 1 N–H and O–H groups in total. The fourth-order valence-corrected chi connectivity index (χ4v) is 0.881. The van der Waals surface area contributed by atoms with E-state index in [1.54, 1.807) is 11.3 Å². The number of fused-ring (bicyclic) bond motifs is 1. The molecule has 11 heavy (non-hydrogen) atoms. The van der Waals surface area contributed by atoms with Crippen LogP contribution in [0, 0.1) is 6.92 Å². The molecule has 0 aromatic carbocycles. The molecule has 6 nitrogen and oxygen atoms in total. The van der Waals surface area contributed by atoms with Crippen molar-refractivity contribution in [1.82, 2.24) is 24.6 Å². The van der Waals surface area contributed by atoms with Crippen molar-refractivity contribution in [2.45, 2.75) is 6.92 Å². The van der Waals surface area contributed by atoms with Gasteiger partial charge >= 0.3 is 5.69 Å². The first-order chi connectivity index (χ1) is 5.27. The van der Waals surface area contributed by atoms with E-state index < -0.39 is 5.69 Å². The Labute approximate surface area is 60.9 Å². The van der Waals surface area contributed by atoms with Gasteiger partial charge in [0.1, 0.15) is 12.2 Å². The summed E-state index contributed by atoms with van der Waals surface area (Å²) in [7, 11) is 0. The summed E-state index contributed by atoms with van der Waals surface area (Å²) in [6.07, 6.45) is 1.49. The average Bonchev–Trinajstić information content (AvgIpc) is 2.34. The van der Waals surface area contributed by atoms with Gasteiger partial charge in [0.15, 0.2) is 0 Å². The van der Waals surface area contributed by atoms with Crippen molar-refractivity contribution < 1.29 is 0 Å². The monoisotopic (exact) mass is 151 g/mol. The molecule has 6 heteroatoms. The van der Waals surface area contributed by atoms with Gasteiger partial charge in [0, 0.05) is 0 Å². The van der Waals surface area contributed by atoms with Gasteiger partial charge in [0.2, 0.25) is 5.78 Å². The number of nitrogens with zero attached hydrogens (tertiary/aromatic N) is 4. The topological polar surface area (TPSA) is 75.9 Å². The van der Waals surface area contributed by atoms with E-state index in [4.69, 9.17) is 0 Å². The number of aromatic nitrogens is 5. The van der Waals surface area contributed by atoms with Crippen LogP contribution in [0.25, 0.3) is 5.78 Å². The molecule has 0 bridgehead atoms. The first kappa shape index (κ1) is 6.02. The Morgan fingerprint density at radius 3 is 3.27 bits per heavy atom. The summed E-state index contributed by atoms with van der Waals surface area (Å²) < 4.78 is 1.60. The van der Waals surface area contributed by atoms with Crippen molar-refractivity contribution in [2.24, 2.45) is 0 Å². The van der Waals surface area contributed by atoms with Gasteiger partial charge in [-0.1, -0.05) is 0 Å². The molecule has 0 atom stereocenters. The van der Waals surface area contributed by atoms with Crippen molar-refractivity contribution in [2.75, 3.05) is 0 Å². The number of nitrogens with one attached hydrogen (secondary N) is 1. The molecule has 0 aliphatic heterocycles. The third-order valence-corrected chi connectivity index (χ3v) is 1.38. The zero-order chi connectivity index (χ0) is 7.84. The van der Waals surface area contributed by atoms with Gasteiger partial charge in [-0.25, -0.2) is 4.79 Å². The smallest absolute Gasteiger partial charge is 0.274 e. The summed E-state index contributed by atoms with van der Waals surface area (Å²) in [4.78, 5) is 16.8. The molecule has 0 aliphatic rings. The lowest BCUT2D eigenvalue weighted by Crippen LogP contribution is -2.14. The molecule has 0 saturated carbocycles. The standard InChI is InChI=1S/C5H5N5O/c1-3-7-5(11)8-4-9-6-2-10(3)4/h2H,1H3,(H,8,9,11). The van der Waals surface area contributed by atoms with Gasteiger partial charge in [0.05, 0.1) is 0 Å². The molecule has 0 unspecified atom stereocenters. The largest absolute Gasteiger partial charge is 0.349 e. The predicted molar refractivity (Wildman–Crippen MR) is 36.1 cm³/mol. The minimum atomic E-state index is -0.400. The highest BCUT2D eigenvalue weighted by Crippen LogP contribution is 1.91. The highest BCUT2D eigenvalue weighted by Gasteiger charge is 1.99. The maximum Gasteiger partial charge on any atom is 0.349 e. The van der Waals surface area contributed by atoms with Crippen LogP contribution in [0.15, 0.2) is 11.1 Å². The first-order valence-electron chi connectivity index (χ1n) is 3.04. The average molecular weight is 151 g/mol. The van der Waals surface area contributed by atoms with Crippen molar-refractivity contribution in [1.29, 1.82) is 0 Å². The predicted octanol–water partition coefficient (Wildman–Crippen LogP) is -0.879. The third-order valence-electron chi connectivity index (χ3n) is 1.38. The van der Waals surface area contributed by atoms with Crippen molar-refractivity contribution in [3.05, 3.63) is 22.6 Å². The molecular formula is C5H5N5O. The fourth-order valence-electron chi connectivity index (χ4n) is 0.881. The molecule has 2 aromatic heterocycles. The van der Waals surface area contributed by atoms with E-state index in [1.165, 1.54) is 6.33 Å². The van der Waals surface area contributed by atoms with Crippen LogP contribution in [-0.2, 0) is 0 Å². The molecule has 0 amide bonds. The SMILES string of the molecule is Cc1nc(=O)[nH]c2nncn12. The number of hydrogen-bond donors (Lipinski definition) is 1. The minimum Gasteiger partial charge on any atom is -0.274 e. The Morgan fingerprint density at radius 1 is 1.64 bits per heavy atom. The molecule has 0 fully saturated rings. The van der Waals surface area contributed by atoms with Gasteiger partial charge in [-0.15, -0.1) is 10.2 Å². The summed E-state index contributed by atoms with van der Waals surface area (Å²) in [6, 6.07) is 0. The van der Waals surface area contributed by atoms with E-state index in [9.17, 15) is 4.79 Å². The second-order valence-corrected chi connectivity index (χ2v) is 2.11. The molecule has 2 rings (SSSR count). The van der Waals surface area contributed by atoms with Crippen LogP contribution >= 0.6 is 0 Å². The summed E-state index contributed by atoms with van der Waals surface area (Å²) in [6.45, 7) is 1.71. The maximum absolute atomic E-state index is 10.8. The normalized spacial score (nSPS) is 10.6. The molecule has 56 valence electrons. The van der Waals surface area contributed by atoms with E-state index in [-0.39, 0.29) is 0 Å². The molecule has 0 radical (unpaired) electrons. The van der Waals surface area contributed by atoms with E-state index in [0.29, 0.717) is 11.6 Å². The third kappa shape index (κ3) is 0.794. The van der Waals surface area contributed by atoms with Crippen LogP contribution in [0.4, 0.5) is 0 Å². The Bertz CT molecular complexity index is 441. The van der Waals surface area contributed by atoms with Crippen LogP contribution in [0.3, 0.4) is 0 Å². The summed E-state index contributed by atoms with van der Waals surface area (Å²) >= 11 is 0. The Hall–Kier alpha value is -1.72. The first-order valence-corrected chi connectivity index (χ1v) is 3.04. The lowest BCUT2D eigenvalue weighted by atomic mass is 10.7. The molecule has 0 aliphatic carbocycles. The van der Waals surface area contributed by atoms with Gasteiger partial charge < -0.3 is 0 Å². The lowest BCUT2D eigenvalue weighted by molar-refractivity contribution is 0.900. The number of H-pyrrole nitrogens is 1. The fraction of sp³-hybridized carbons (Fsp3) is 0.200. The van der Waals surface area contributed by atoms with E-state index in [1.807, 2.05) is 0 Å². The number of aromatic amines is 1. The lowest BCUT2D eigenvalue weighted by Gasteiger charge is -1.92. The highest BCUT2D eigenvalue weighted by atomic mass is 16.1. The summed E-state index contributed by atoms with van der Waals surface area (Å²) in [5.41, 5.74) is -0.400. The number of hydrogen-bond acceptors (Lipinski definition) is 4. The second kappa shape index (κ2) is 1.88. The zero-order valence-corrected chi connectivity index (χ0v) is 5.77. The quantitative estimate of drug-likeness (QED) is 0.530. The van der Waals surface area contributed by atoms with Gasteiger partial charge in [-0.3, -0.25) is 9.38 Å². The van der Waals surface area contributed by atoms with Gasteiger partial charge in [-0.05, 0) is 6.92 Å². The van der Waals surface area contributed by atoms with Gasteiger partial charge in [0.25, 0.3) is 0 Å². The van der Waals surface area contributed by atoms with Crippen LogP contribution in [0.2, 0.25) is 0 Å². The molecule has 0 spiro atoms. The number of rotatable bonds is 0. The van der Waals surface area contributed by atoms with Crippen LogP contribution in [0.1, 0.15) is 5.82 Å². The van der Waals surface area contributed by atoms with Crippen molar-refractivity contribution >= 4 is 5.78 Å². The highest BCUT2D eigenvalue weighted by molar-refractivity contribution is 5.23. The molecule has 2 heterocycles. The minimum absolute atomic E-state index is 0.400. The zero-order valence-electron chi connectivity index (χ0n) is 5.77. The summed E-state index contributed by atoms with van der Waals surface area (Å²) in [5, 5.41) is 7.26. The van der Waals surface area contributed by atoms with E-state index >= 15 is 0 Å². The van der Waals surface area contributed by atoms with E-state index in [0.717, 1.165) is 0 Å². The second-order valence-electron chi connectivity index (χ2n) is 2.11. The number of aryl methyl sites for hydroxylation is 1. The summed E-state index contributed by atoms with van der Waals surface area (Å²) in [5.74, 6) is 0.997. The Kier molecular flexibility index (Phi) is 1.03. The molecule has 2 aromatic rings. The Balaban J connectivity index is 3.02. The molecule has 0 saturated heterocycles. The maximum atomic E-state index is 10.8. The Morgan fingerprint density at radius 2 is 2.45 bits per heavy atom. The van der Waals surface area contributed by atoms with Crippen molar-refractivity contribution in [3.8, 4) is 0 Å². The van der Waals surface area contributed by atoms with Crippen LogP contribution in [-0.4, -0.2) is 24.6 Å². The van der Waals surface area contributed by atoms with Crippen LogP contribution < -0.4 is 5.69 Å². The van der Waals surface area contributed by atoms with E-state index in [2.05, 4.69) is 20.2 Å². The molecular weight excluding hydrogens is 146 g/mol. The van der Waals surface area contributed by atoms with Crippen LogP contribution in [0.5, 0.6) is 0 Å². The van der Waals surface area contributed by atoms with Crippen molar-refractivity contribution in [3.63, 3.8) is 0 Å².